The summed E-state index contributed by atoms with van der Waals surface area (Å²) < 4.78 is 5.29. The fraction of sp³-hybridized carbons (Fsp3) is 0.130. The van der Waals surface area contributed by atoms with Crippen molar-refractivity contribution in [3.63, 3.8) is 0 Å². The van der Waals surface area contributed by atoms with Gasteiger partial charge in [-0.15, -0.1) is 0 Å². The monoisotopic (exact) mass is 374 g/mol. The Morgan fingerprint density at radius 2 is 1.64 bits per heavy atom. The van der Waals surface area contributed by atoms with Crippen molar-refractivity contribution >= 4 is 17.9 Å². The van der Waals surface area contributed by atoms with E-state index >= 15 is 0 Å². The van der Waals surface area contributed by atoms with Gasteiger partial charge in [0.05, 0.1) is 6.26 Å². The number of rotatable bonds is 7. The summed E-state index contributed by atoms with van der Waals surface area (Å²) in [6.07, 6.45) is 3.03. The van der Waals surface area contributed by atoms with Gasteiger partial charge < -0.3 is 15.1 Å². The van der Waals surface area contributed by atoms with Crippen LogP contribution >= 0.6 is 0 Å². The van der Waals surface area contributed by atoms with E-state index in [4.69, 9.17) is 4.42 Å². The smallest absolute Gasteiger partial charge is 0.267 e. The maximum Gasteiger partial charge on any atom is 0.267 e. The Labute approximate surface area is 164 Å². The third-order valence-electron chi connectivity index (χ3n) is 4.30. The lowest BCUT2D eigenvalue weighted by Crippen LogP contribution is -2.36. The van der Waals surface area contributed by atoms with E-state index in [0.717, 1.165) is 5.56 Å². The lowest BCUT2D eigenvalue weighted by atomic mass is 10.0. The number of hydrogen-bond acceptors (Lipinski definition) is 3. The van der Waals surface area contributed by atoms with Crippen molar-refractivity contribution in [1.82, 2.24) is 10.6 Å². The first-order chi connectivity index (χ1) is 13.6. The Morgan fingerprint density at radius 1 is 0.964 bits per heavy atom. The zero-order chi connectivity index (χ0) is 19.8. The van der Waals surface area contributed by atoms with Gasteiger partial charge in [-0.1, -0.05) is 55.5 Å². The highest BCUT2D eigenvalue weighted by atomic mass is 16.3. The quantitative estimate of drug-likeness (QED) is 0.615. The Hall–Kier alpha value is -3.60. The molecule has 3 rings (SSSR count). The van der Waals surface area contributed by atoms with E-state index in [1.165, 1.54) is 12.3 Å². The zero-order valence-electron chi connectivity index (χ0n) is 15.6. The second-order valence-electron chi connectivity index (χ2n) is 6.42. The number of furan rings is 1. The molecule has 1 aromatic heterocycles. The first kappa shape index (κ1) is 19.2. The molecule has 0 saturated carbocycles. The molecule has 0 spiro atoms. The van der Waals surface area contributed by atoms with Gasteiger partial charge in [-0.25, -0.2) is 0 Å². The highest BCUT2D eigenvalue weighted by Gasteiger charge is 2.16. The molecule has 0 radical (unpaired) electrons. The largest absolute Gasteiger partial charge is 0.465 e. The number of nitrogens with one attached hydrogen (secondary N) is 2. The Morgan fingerprint density at radius 3 is 2.29 bits per heavy atom. The van der Waals surface area contributed by atoms with Crippen molar-refractivity contribution in [2.75, 3.05) is 6.54 Å². The molecule has 0 unspecified atom stereocenters. The molecule has 28 heavy (non-hydrogen) atoms. The molecule has 0 bridgehead atoms. The van der Waals surface area contributed by atoms with Crippen LogP contribution in [0, 0.1) is 0 Å². The molecule has 2 aromatic carbocycles. The molecule has 5 heteroatoms. The topological polar surface area (TPSA) is 71.3 Å². The van der Waals surface area contributed by atoms with Crippen LogP contribution < -0.4 is 10.6 Å². The summed E-state index contributed by atoms with van der Waals surface area (Å²) in [5, 5.41) is 5.57. The van der Waals surface area contributed by atoms with E-state index in [1.807, 2.05) is 43.3 Å². The summed E-state index contributed by atoms with van der Waals surface area (Å²) in [4.78, 5) is 25.2. The van der Waals surface area contributed by atoms with Crippen molar-refractivity contribution in [2.45, 2.75) is 12.8 Å². The summed E-state index contributed by atoms with van der Waals surface area (Å²) in [7, 11) is 0. The number of hydrogen-bond donors (Lipinski definition) is 2. The van der Waals surface area contributed by atoms with Crippen LogP contribution in [0.2, 0.25) is 0 Å². The fourth-order valence-electron chi connectivity index (χ4n) is 2.70. The van der Waals surface area contributed by atoms with Crippen LogP contribution in [0.3, 0.4) is 0 Å². The fourth-order valence-corrected chi connectivity index (χ4v) is 2.70. The van der Waals surface area contributed by atoms with Crippen LogP contribution in [0.1, 0.15) is 34.5 Å². The van der Waals surface area contributed by atoms with Crippen molar-refractivity contribution in [1.29, 1.82) is 0 Å². The molecule has 3 aromatic rings. The van der Waals surface area contributed by atoms with E-state index in [2.05, 4.69) is 10.6 Å². The minimum atomic E-state index is -0.372. The molecule has 1 heterocycles. The standard InChI is InChI=1S/C23H22N2O3/c1-17(18-9-4-2-5-10-18)16-24-23(27)21(15-20-13-8-14-28-20)25-22(26)19-11-6-3-7-12-19/h2-15,17H,16H2,1H3,(H,24,27)(H,25,26)/b21-15-/t17-/m1/s1. The summed E-state index contributed by atoms with van der Waals surface area (Å²) in [6, 6.07) is 22.1. The predicted molar refractivity (Wildman–Crippen MR) is 108 cm³/mol. The Balaban J connectivity index is 1.71. The molecule has 2 N–H and O–H groups in total. The van der Waals surface area contributed by atoms with Gasteiger partial charge >= 0.3 is 0 Å². The normalized spacial score (nSPS) is 12.2. The third-order valence-corrected chi connectivity index (χ3v) is 4.30. The number of carbonyl (C=O) groups is 2. The van der Waals surface area contributed by atoms with E-state index in [9.17, 15) is 9.59 Å². The lowest BCUT2D eigenvalue weighted by Gasteiger charge is -2.15. The summed E-state index contributed by atoms with van der Waals surface area (Å²) in [5.74, 6) is -0.109. The molecule has 0 aliphatic rings. The third kappa shape index (κ3) is 5.20. The lowest BCUT2D eigenvalue weighted by molar-refractivity contribution is -0.117. The van der Waals surface area contributed by atoms with Gasteiger partial charge in [0.25, 0.3) is 11.8 Å². The van der Waals surface area contributed by atoms with Crippen molar-refractivity contribution < 1.29 is 14.0 Å². The van der Waals surface area contributed by atoms with Gasteiger partial charge in [0.15, 0.2) is 0 Å². The predicted octanol–water partition coefficient (Wildman–Crippen LogP) is 3.97. The van der Waals surface area contributed by atoms with Crippen molar-refractivity contribution in [2.24, 2.45) is 0 Å². The molecule has 0 fully saturated rings. The summed E-state index contributed by atoms with van der Waals surface area (Å²) in [5.41, 5.74) is 1.73. The van der Waals surface area contributed by atoms with Crippen molar-refractivity contribution in [3.05, 3.63) is 102 Å². The van der Waals surface area contributed by atoms with Gasteiger partial charge in [-0.2, -0.15) is 0 Å². The Bertz CT molecular complexity index is 933. The van der Waals surface area contributed by atoms with E-state index < -0.39 is 0 Å². The molecule has 0 aliphatic heterocycles. The first-order valence-corrected chi connectivity index (χ1v) is 9.08. The molecule has 5 nitrogen and oxygen atoms in total. The van der Waals surface area contributed by atoms with Crippen LogP contribution in [-0.2, 0) is 4.79 Å². The van der Waals surface area contributed by atoms with E-state index in [0.29, 0.717) is 17.9 Å². The number of amides is 2. The average molecular weight is 374 g/mol. The Kier molecular flexibility index (Phi) is 6.41. The molecule has 0 saturated heterocycles. The average Bonchev–Trinajstić information content (AvgIpc) is 3.25. The van der Waals surface area contributed by atoms with Gasteiger partial charge in [0, 0.05) is 18.2 Å². The summed E-state index contributed by atoms with van der Waals surface area (Å²) >= 11 is 0. The second-order valence-corrected chi connectivity index (χ2v) is 6.42. The minimum absolute atomic E-state index is 0.129. The van der Waals surface area contributed by atoms with Gasteiger partial charge in [0.1, 0.15) is 11.5 Å². The van der Waals surface area contributed by atoms with E-state index in [-0.39, 0.29) is 23.4 Å². The second kappa shape index (κ2) is 9.37. The minimum Gasteiger partial charge on any atom is -0.465 e. The molecular weight excluding hydrogens is 352 g/mol. The van der Waals surface area contributed by atoms with E-state index in [1.54, 1.807) is 36.4 Å². The van der Waals surface area contributed by atoms with Crippen LogP contribution in [0.4, 0.5) is 0 Å². The van der Waals surface area contributed by atoms with Crippen LogP contribution in [0.5, 0.6) is 0 Å². The molecular formula is C23H22N2O3. The molecule has 0 aliphatic carbocycles. The van der Waals surface area contributed by atoms with Crippen LogP contribution in [0.15, 0.2) is 89.2 Å². The van der Waals surface area contributed by atoms with Crippen molar-refractivity contribution in [3.8, 4) is 0 Å². The SMILES string of the molecule is C[C@H](CNC(=O)/C(=C/c1ccco1)NC(=O)c1ccccc1)c1ccccc1. The maximum atomic E-state index is 12.7. The molecule has 142 valence electrons. The maximum absolute atomic E-state index is 12.7. The highest BCUT2D eigenvalue weighted by Crippen LogP contribution is 2.14. The van der Waals surface area contributed by atoms with Crippen LogP contribution in [0.25, 0.3) is 6.08 Å². The molecule has 1 atom stereocenters. The first-order valence-electron chi connectivity index (χ1n) is 9.08. The molecule has 2 amide bonds. The van der Waals surface area contributed by atoms with Gasteiger partial charge in [-0.3, -0.25) is 9.59 Å². The van der Waals surface area contributed by atoms with Gasteiger partial charge in [-0.05, 0) is 35.7 Å². The summed E-state index contributed by atoms with van der Waals surface area (Å²) in [6.45, 7) is 2.48. The van der Waals surface area contributed by atoms with Gasteiger partial charge in [0.2, 0.25) is 0 Å². The van der Waals surface area contributed by atoms with Crippen LogP contribution in [-0.4, -0.2) is 18.4 Å². The zero-order valence-corrected chi connectivity index (χ0v) is 15.6. The highest BCUT2D eigenvalue weighted by molar-refractivity contribution is 6.05. The number of benzene rings is 2. The number of carbonyl (C=O) groups excluding carboxylic acids is 2.